The second-order valence-corrected chi connectivity index (χ2v) is 5.60. The first-order valence-electron chi connectivity index (χ1n) is 7.14. The lowest BCUT2D eigenvalue weighted by molar-refractivity contribution is -0.137. The Kier molecular flexibility index (Phi) is 3.79. The molecule has 0 spiro atoms. The molecule has 0 fully saturated rings. The van der Waals surface area contributed by atoms with E-state index in [0.29, 0.717) is 22.1 Å². The van der Waals surface area contributed by atoms with Crippen molar-refractivity contribution in [2.45, 2.75) is 6.18 Å². The molecule has 0 aliphatic heterocycles. The fraction of sp³-hybridized carbons (Fsp3) is 0.176. The average Bonchev–Trinajstić information content (AvgIpc) is 3.00. The smallest absolute Gasteiger partial charge is 0.345 e. The maximum absolute atomic E-state index is 13.2. The summed E-state index contributed by atoms with van der Waals surface area (Å²) in [6, 6.07) is 8.68. The number of alkyl halides is 3. The van der Waals surface area contributed by atoms with Crippen LogP contribution >= 0.6 is 0 Å². The molecule has 1 aromatic heterocycles. The van der Waals surface area contributed by atoms with Gasteiger partial charge < -0.3 is 4.90 Å². The molecular formula is C17H14F3N3O. The summed E-state index contributed by atoms with van der Waals surface area (Å²) in [5, 5.41) is 6.93. The highest BCUT2D eigenvalue weighted by molar-refractivity contribution is 6.05. The van der Waals surface area contributed by atoms with Gasteiger partial charge in [-0.05, 0) is 29.3 Å². The Morgan fingerprint density at radius 3 is 2.50 bits per heavy atom. The van der Waals surface area contributed by atoms with E-state index in [9.17, 15) is 18.0 Å². The van der Waals surface area contributed by atoms with Gasteiger partial charge in [0.1, 0.15) is 0 Å². The number of hydrogen-bond donors (Lipinski definition) is 1. The van der Waals surface area contributed by atoms with Crippen LogP contribution in [0.15, 0.2) is 42.6 Å². The van der Waals surface area contributed by atoms with Crippen LogP contribution in [0, 0.1) is 0 Å². The Bertz CT molecular complexity index is 913. The molecule has 0 unspecified atom stereocenters. The lowest BCUT2D eigenvalue weighted by Crippen LogP contribution is -2.22. The van der Waals surface area contributed by atoms with Crippen LogP contribution < -0.4 is 0 Å². The average molecular weight is 333 g/mol. The number of hydrogen-bond acceptors (Lipinski definition) is 2. The van der Waals surface area contributed by atoms with Gasteiger partial charge in [-0.2, -0.15) is 18.3 Å². The zero-order valence-corrected chi connectivity index (χ0v) is 13.0. The number of nitrogens with zero attached hydrogens (tertiary/aromatic N) is 2. The Morgan fingerprint density at radius 1 is 1.12 bits per heavy atom. The summed E-state index contributed by atoms with van der Waals surface area (Å²) in [7, 11) is 3.19. The second kappa shape index (κ2) is 5.67. The third kappa shape index (κ3) is 2.73. The molecule has 0 aliphatic rings. The zero-order chi connectivity index (χ0) is 17.5. The summed E-state index contributed by atoms with van der Waals surface area (Å²) in [5.41, 5.74) is 0.575. The maximum Gasteiger partial charge on any atom is 0.416 e. The van der Waals surface area contributed by atoms with E-state index >= 15 is 0 Å². The minimum atomic E-state index is -4.49. The maximum atomic E-state index is 13.2. The molecule has 124 valence electrons. The number of aromatic nitrogens is 2. The van der Waals surface area contributed by atoms with Gasteiger partial charge in [-0.25, -0.2) is 0 Å². The zero-order valence-electron chi connectivity index (χ0n) is 13.0. The number of halogens is 3. The van der Waals surface area contributed by atoms with Crippen molar-refractivity contribution in [2.75, 3.05) is 14.1 Å². The topological polar surface area (TPSA) is 49.0 Å². The van der Waals surface area contributed by atoms with Crippen LogP contribution in [0.25, 0.3) is 22.0 Å². The number of H-pyrrole nitrogens is 1. The van der Waals surface area contributed by atoms with E-state index in [4.69, 9.17) is 0 Å². The van der Waals surface area contributed by atoms with Gasteiger partial charge in [0.05, 0.1) is 17.3 Å². The summed E-state index contributed by atoms with van der Waals surface area (Å²) < 4.78 is 39.6. The van der Waals surface area contributed by atoms with E-state index in [1.165, 1.54) is 11.1 Å². The molecule has 0 atom stereocenters. The van der Waals surface area contributed by atoms with Gasteiger partial charge >= 0.3 is 6.18 Å². The Labute approximate surface area is 135 Å². The molecule has 24 heavy (non-hydrogen) atoms. The molecule has 3 rings (SSSR count). The number of fused-ring (bicyclic) bond motifs is 1. The van der Waals surface area contributed by atoms with Crippen molar-refractivity contribution in [3.63, 3.8) is 0 Å². The quantitative estimate of drug-likeness (QED) is 0.772. The first-order valence-corrected chi connectivity index (χ1v) is 7.14. The minimum absolute atomic E-state index is 0.270. The van der Waals surface area contributed by atoms with Crippen molar-refractivity contribution in [3.8, 4) is 11.1 Å². The predicted molar refractivity (Wildman–Crippen MR) is 84.5 cm³/mol. The van der Waals surface area contributed by atoms with Crippen molar-refractivity contribution < 1.29 is 18.0 Å². The van der Waals surface area contributed by atoms with Crippen LogP contribution in [0.4, 0.5) is 13.2 Å². The van der Waals surface area contributed by atoms with Gasteiger partial charge in [0.15, 0.2) is 0 Å². The predicted octanol–water partition coefficient (Wildman–Crippen LogP) is 3.95. The fourth-order valence-electron chi connectivity index (χ4n) is 2.58. The van der Waals surface area contributed by atoms with Crippen LogP contribution in [0.2, 0.25) is 0 Å². The molecule has 1 N–H and O–H groups in total. The Morgan fingerprint density at radius 2 is 1.83 bits per heavy atom. The highest BCUT2D eigenvalue weighted by Crippen LogP contribution is 2.37. The molecule has 0 saturated heterocycles. The van der Waals surface area contributed by atoms with E-state index in [1.54, 1.807) is 38.4 Å². The monoisotopic (exact) mass is 333 g/mol. The minimum Gasteiger partial charge on any atom is -0.345 e. The number of nitrogens with one attached hydrogen (secondary N) is 1. The summed E-state index contributed by atoms with van der Waals surface area (Å²) in [4.78, 5) is 13.8. The largest absolute Gasteiger partial charge is 0.416 e. The van der Waals surface area contributed by atoms with Gasteiger partial charge in [0.25, 0.3) is 5.91 Å². The molecule has 1 heterocycles. The van der Waals surface area contributed by atoms with Gasteiger partial charge in [0.2, 0.25) is 0 Å². The van der Waals surface area contributed by atoms with Crippen LogP contribution in [0.5, 0.6) is 0 Å². The third-order valence-electron chi connectivity index (χ3n) is 3.74. The van der Waals surface area contributed by atoms with Crippen molar-refractivity contribution in [3.05, 3.63) is 53.7 Å². The fourth-order valence-corrected chi connectivity index (χ4v) is 2.58. The molecule has 0 radical (unpaired) electrons. The number of amides is 1. The summed E-state index contributed by atoms with van der Waals surface area (Å²) >= 11 is 0. The number of aromatic amines is 1. The third-order valence-corrected chi connectivity index (χ3v) is 3.74. The van der Waals surface area contributed by atoms with Crippen LogP contribution in [0.1, 0.15) is 15.9 Å². The van der Waals surface area contributed by atoms with Crippen LogP contribution in [-0.2, 0) is 6.18 Å². The molecule has 7 heteroatoms. The van der Waals surface area contributed by atoms with Crippen molar-refractivity contribution >= 4 is 16.8 Å². The van der Waals surface area contributed by atoms with E-state index in [2.05, 4.69) is 10.2 Å². The van der Waals surface area contributed by atoms with Crippen molar-refractivity contribution in [1.82, 2.24) is 15.1 Å². The normalized spacial score (nSPS) is 11.7. The number of rotatable bonds is 2. The van der Waals surface area contributed by atoms with E-state index in [-0.39, 0.29) is 11.4 Å². The first-order chi connectivity index (χ1) is 11.3. The molecule has 2 aromatic carbocycles. The molecule has 4 nitrogen and oxygen atoms in total. The number of benzene rings is 2. The Hall–Kier alpha value is -2.83. The number of carbonyl (C=O) groups is 1. The second-order valence-electron chi connectivity index (χ2n) is 5.60. The summed E-state index contributed by atoms with van der Waals surface area (Å²) in [6.45, 7) is 0. The lowest BCUT2D eigenvalue weighted by atomic mass is 9.94. The van der Waals surface area contributed by atoms with Gasteiger partial charge in [-0.3, -0.25) is 9.89 Å². The highest BCUT2D eigenvalue weighted by Gasteiger charge is 2.32. The summed E-state index contributed by atoms with van der Waals surface area (Å²) in [5.74, 6) is -0.278. The molecule has 0 aliphatic carbocycles. The first kappa shape index (κ1) is 16.0. The number of carbonyl (C=O) groups excluding carboxylic acids is 1. The van der Waals surface area contributed by atoms with Crippen molar-refractivity contribution in [1.29, 1.82) is 0 Å². The van der Waals surface area contributed by atoms with Gasteiger partial charge in [-0.1, -0.05) is 18.2 Å². The molecule has 0 saturated carbocycles. The van der Waals surface area contributed by atoms with Crippen LogP contribution in [0.3, 0.4) is 0 Å². The molecule has 1 amide bonds. The molecule has 0 bridgehead atoms. The van der Waals surface area contributed by atoms with Gasteiger partial charge in [-0.15, -0.1) is 0 Å². The van der Waals surface area contributed by atoms with E-state index in [1.807, 2.05) is 0 Å². The van der Waals surface area contributed by atoms with E-state index < -0.39 is 11.7 Å². The van der Waals surface area contributed by atoms with Gasteiger partial charge in [0, 0.05) is 25.0 Å². The summed E-state index contributed by atoms with van der Waals surface area (Å²) in [6.07, 6.45) is -3.03. The lowest BCUT2D eigenvalue weighted by Gasteiger charge is -2.16. The molecule has 3 aromatic rings. The SMILES string of the molecule is CN(C)C(=O)c1ccccc1-c1cc(C(F)(F)F)cc2[nH]ncc12. The Balaban J connectivity index is 2.31. The standard InChI is InChI=1S/C17H14F3N3O/c1-23(2)16(24)12-6-4-3-5-11(12)13-7-10(17(18,19)20)8-15-14(13)9-21-22-15/h3-9H,1-2H3,(H,21,22). The van der Waals surface area contributed by atoms with E-state index in [0.717, 1.165) is 12.1 Å². The van der Waals surface area contributed by atoms with Crippen molar-refractivity contribution in [2.24, 2.45) is 0 Å². The van der Waals surface area contributed by atoms with Crippen LogP contribution in [-0.4, -0.2) is 35.1 Å². The molecular weight excluding hydrogens is 319 g/mol. The highest BCUT2D eigenvalue weighted by atomic mass is 19.4.